The van der Waals surface area contributed by atoms with Crippen LogP contribution < -0.4 is 4.90 Å². The lowest BCUT2D eigenvalue weighted by molar-refractivity contribution is -0.918. The van der Waals surface area contributed by atoms with Gasteiger partial charge in [-0.1, -0.05) is 30.3 Å². The van der Waals surface area contributed by atoms with Crippen LogP contribution in [0.4, 0.5) is 0 Å². The molecule has 1 aromatic carbocycles. The minimum Gasteiger partial charge on any atom is -0.466 e. The van der Waals surface area contributed by atoms with Gasteiger partial charge in [-0.25, -0.2) is 0 Å². The molecule has 0 spiro atoms. The Kier molecular flexibility index (Phi) is 6.00. The number of carbonyl (C=O) groups excluding carboxylic acids is 1. The second kappa shape index (κ2) is 8.42. The summed E-state index contributed by atoms with van der Waals surface area (Å²) in [6, 6.07) is 10.5. The fourth-order valence-electron chi connectivity index (χ4n) is 3.18. The van der Waals surface area contributed by atoms with Gasteiger partial charge in [-0.2, -0.15) is 9.78 Å². The molecular formula is C19H25N4O2S+. The van der Waals surface area contributed by atoms with E-state index in [2.05, 4.69) is 35.4 Å². The van der Waals surface area contributed by atoms with Gasteiger partial charge >= 0.3 is 5.97 Å². The summed E-state index contributed by atoms with van der Waals surface area (Å²) in [7, 11) is 1.85. The standard InChI is InChI=1S/C19H24N4O2S/c1-3-25-18(24)13-17-20-23(19(26)21(17)2)14-22-11-9-16(10-12-22)15-7-5-4-6-8-15/h4-9H,3,10-14H2,1-2H3/p+1. The van der Waals surface area contributed by atoms with Crippen molar-refractivity contribution in [2.24, 2.45) is 7.05 Å². The van der Waals surface area contributed by atoms with Crippen LogP contribution >= 0.6 is 12.2 Å². The topological polar surface area (TPSA) is 53.5 Å². The summed E-state index contributed by atoms with van der Waals surface area (Å²) in [6.07, 6.45) is 3.49. The molecule has 1 unspecified atom stereocenters. The largest absolute Gasteiger partial charge is 0.466 e. The summed E-state index contributed by atoms with van der Waals surface area (Å²) in [5.41, 5.74) is 2.71. The minimum absolute atomic E-state index is 0.147. The highest BCUT2D eigenvalue weighted by atomic mass is 32.1. The SMILES string of the molecule is CCOC(=O)Cc1nn(C[NH+]2CC=C(c3ccccc3)CC2)c(=S)n1C. The van der Waals surface area contributed by atoms with Crippen molar-refractivity contribution in [2.75, 3.05) is 19.7 Å². The molecular weight excluding hydrogens is 348 g/mol. The Balaban J connectivity index is 1.66. The number of aromatic nitrogens is 3. The fourth-order valence-corrected chi connectivity index (χ4v) is 3.39. The van der Waals surface area contributed by atoms with Gasteiger partial charge in [0, 0.05) is 13.5 Å². The van der Waals surface area contributed by atoms with E-state index in [1.807, 2.05) is 17.8 Å². The van der Waals surface area contributed by atoms with E-state index in [1.54, 1.807) is 11.5 Å². The number of benzene rings is 1. The summed E-state index contributed by atoms with van der Waals surface area (Å²) in [6.45, 7) is 4.85. The molecule has 6 nitrogen and oxygen atoms in total. The zero-order valence-corrected chi connectivity index (χ0v) is 16.1. The third-order valence-corrected chi connectivity index (χ3v) is 5.13. The van der Waals surface area contributed by atoms with Crippen molar-refractivity contribution in [3.05, 3.63) is 52.6 Å². The highest BCUT2D eigenvalue weighted by molar-refractivity contribution is 7.71. The molecule has 0 saturated heterocycles. The lowest BCUT2D eigenvalue weighted by Gasteiger charge is -2.23. The summed E-state index contributed by atoms with van der Waals surface area (Å²) in [5, 5.41) is 4.54. The van der Waals surface area contributed by atoms with E-state index < -0.39 is 0 Å². The monoisotopic (exact) mass is 373 g/mol. The maximum atomic E-state index is 11.7. The number of nitrogens with zero attached hydrogens (tertiary/aromatic N) is 3. The van der Waals surface area contributed by atoms with Crippen LogP contribution in [0.15, 0.2) is 36.4 Å². The van der Waals surface area contributed by atoms with Crippen molar-refractivity contribution in [3.63, 3.8) is 0 Å². The van der Waals surface area contributed by atoms with Gasteiger partial charge < -0.3 is 14.2 Å². The van der Waals surface area contributed by atoms with Crippen LogP contribution in [0, 0.1) is 4.77 Å². The second-order valence-corrected chi connectivity index (χ2v) is 6.81. The first kappa shape index (κ1) is 18.5. The molecule has 1 N–H and O–H groups in total. The van der Waals surface area contributed by atoms with E-state index in [0.29, 0.717) is 23.9 Å². The van der Waals surface area contributed by atoms with Crippen molar-refractivity contribution in [2.45, 2.75) is 26.4 Å². The molecule has 7 heteroatoms. The number of esters is 1. The normalized spacial score (nSPS) is 17.0. The molecule has 1 aliphatic heterocycles. The van der Waals surface area contributed by atoms with Gasteiger partial charge in [0.1, 0.15) is 12.2 Å². The Morgan fingerprint density at radius 2 is 2.12 bits per heavy atom. The van der Waals surface area contributed by atoms with Gasteiger partial charge in [0.25, 0.3) is 0 Å². The molecule has 0 fully saturated rings. The van der Waals surface area contributed by atoms with E-state index in [0.717, 1.165) is 19.5 Å². The average Bonchev–Trinajstić information content (AvgIpc) is 2.91. The molecule has 138 valence electrons. The van der Waals surface area contributed by atoms with E-state index >= 15 is 0 Å². The molecule has 0 amide bonds. The Bertz CT molecular complexity index is 854. The first-order valence-electron chi connectivity index (χ1n) is 8.94. The zero-order valence-electron chi connectivity index (χ0n) is 15.3. The van der Waals surface area contributed by atoms with Gasteiger partial charge in [0.15, 0.2) is 6.67 Å². The van der Waals surface area contributed by atoms with Gasteiger partial charge in [-0.3, -0.25) is 4.79 Å². The minimum atomic E-state index is -0.275. The van der Waals surface area contributed by atoms with Crippen LogP contribution in [-0.2, 0) is 29.7 Å². The molecule has 2 aromatic rings. The molecule has 1 aliphatic rings. The van der Waals surface area contributed by atoms with Crippen LogP contribution in [0.5, 0.6) is 0 Å². The number of quaternary nitrogens is 1. The number of ether oxygens (including phenoxy) is 1. The Morgan fingerprint density at radius 3 is 2.77 bits per heavy atom. The van der Waals surface area contributed by atoms with E-state index in [1.165, 1.54) is 16.0 Å². The number of hydrogen-bond donors (Lipinski definition) is 1. The molecule has 0 aliphatic carbocycles. The second-order valence-electron chi connectivity index (χ2n) is 6.45. The van der Waals surface area contributed by atoms with Crippen LogP contribution in [0.1, 0.15) is 24.7 Å². The number of carbonyl (C=O) groups is 1. The van der Waals surface area contributed by atoms with Crippen LogP contribution in [0.2, 0.25) is 0 Å². The Labute approximate surface area is 158 Å². The summed E-state index contributed by atoms with van der Waals surface area (Å²) < 4.78 is 9.25. The molecule has 0 radical (unpaired) electrons. The van der Waals surface area contributed by atoms with Crippen LogP contribution in [0.3, 0.4) is 0 Å². The van der Waals surface area contributed by atoms with E-state index in [4.69, 9.17) is 17.0 Å². The Morgan fingerprint density at radius 1 is 1.35 bits per heavy atom. The van der Waals surface area contributed by atoms with Crippen LogP contribution in [-0.4, -0.2) is 40.0 Å². The highest BCUT2D eigenvalue weighted by Gasteiger charge is 2.19. The summed E-state index contributed by atoms with van der Waals surface area (Å²) in [4.78, 5) is 13.1. The molecule has 0 bridgehead atoms. The summed E-state index contributed by atoms with van der Waals surface area (Å²) >= 11 is 5.48. The van der Waals surface area contributed by atoms with Crippen molar-refractivity contribution < 1.29 is 14.4 Å². The third kappa shape index (κ3) is 4.28. The molecule has 1 atom stereocenters. The van der Waals surface area contributed by atoms with Gasteiger partial charge in [-0.05, 0) is 36.4 Å². The van der Waals surface area contributed by atoms with Crippen LogP contribution in [0.25, 0.3) is 5.57 Å². The highest BCUT2D eigenvalue weighted by Crippen LogP contribution is 2.17. The van der Waals surface area contributed by atoms with Crippen molar-refractivity contribution >= 4 is 23.8 Å². The van der Waals surface area contributed by atoms with Gasteiger partial charge in [0.2, 0.25) is 4.77 Å². The van der Waals surface area contributed by atoms with Crippen molar-refractivity contribution in [1.29, 1.82) is 0 Å². The molecule has 0 saturated carbocycles. The summed E-state index contributed by atoms with van der Waals surface area (Å²) in [5.74, 6) is 0.369. The number of rotatable bonds is 6. The maximum Gasteiger partial charge on any atom is 0.313 e. The zero-order chi connectivity index (χ0) is 18.5. The number of hydrogen-bond acceptors (Lipinski definition) is 4. The predicted molar refractivity (Wildman–Crippen MR) is 102 cm³/mol. The van der Waals surface area contributed by atoms with Crippen molar-refractivity contribution in [3.8, 4) is 0 Å². The smallest absolute Gasteiger partial charge is 0.313 e. The first-order valence-corrected chi connectivity index (χ1v) is 9.35. The lowest BCUT2D eigenvalue weighted by atomic mass is 10.00. The van der Waals surface area contributed by atoms with Gasteiger partial charge in [-0.15, -0.1) is 0 Å². The van der Waals surface area contributed by atoms with E-state index in [9.17, 15) is 4.79 Å². The molecule has 3 rings (SSSR count). The van der Waals surface area contributed by atoms with E-state index in [-0.39, 0.29) is 12.4 Å². The fraction of sp³-hybridized carbons (Fsp3) is 0.421. The quantitative estimate of drug-likeness (QED) is 0.614. The number of nitrogens with one attached hydrogen (secondary N) is 1. The molecule has 26 heavy (non-hydrogen) atoms. The molecule has 2 heterocycles. The third-order valence-electron chi connectivity index (χ3n) is 4.64. The predicted octanol–water partition coefficient (Wildman–Crippen LogP) is 1.39. The van der Waals surface area contributed by atoms with Gasteiger partial charge in [0.05, 0.1) is 19.7 Å². The maximum absolute atomic E-state index is 11.7. The average molecular weight is 374 g/mol. The lowest BCUT2D eigenvalue weighted by Crippen LogP contribution is -3.11. The van der Waals surface area contributed by atoms with Crippen molar-refractivity contribution in [1.82, 2.24) is 14.3 Å². The Hall–Kier alpha value is -2.25. The first-order chi connectivity index (χ1) is 12.6. The molecule has 1 aromatic heterocycles.